The van der Waals surface area contributed by atoms with E-state index in [-0.39, 0.29) is 42.0 Å². The highest BCUT2D eigenvalue weighted by Gasteiger charge is 2.45. The van der Waals surface area contributed by atoms with E-state index in [0.29, 0.717) is 48.6 Å². The maximum atomic E-state index is 13.4. The summed E-state index contributed by atoms with van der Waals surface area (Å²) in [4.78, 5) is 108. The second kappa shape index (κ2) is 16.0. The summed E-state index contributed by atoms with van der Waals surface area (Å²) in [5, 5.41) is 5.39. The number of primary amides is 1. The smallest absolute Gasteiger partial charge is 0.320 e. The number of hydrogen-bond acceptors (Lipinski definition) is 15. The second-order valence-electron chi connectivity index (χ2n) is 16.4. The van der Waals surface area contributed by atoms with Gasteiger partial charge in [0.15, 0.2) is 11.5 Å². The van der Waals surface area contributed by atoms with Gasteiger partial charge in [-0.3, -0.25) is 39.1 Å². The van der Waals surface area contributed by atoms with Crippen LogP contribution in [0.5, 0.6) is 0 Å². The van der Waals surface area contributed by atoms with Gasteiger partial charge in [0.25, 0.3) is 17.7 Å². The van der Waals surface area contributed by atoms with E-state index in [0.717, 1.165) is 82.2 Å². The summed E-state index contributed by atoms with van der Waals surface area (Å²) in [5.74, 6) is -0.912. The normalized spacial score (nSPS) is 23.8. The summed E-state index contributed by atoms with van der Waals surface area (Å²) in [5.41, 5.74) is 7.66. The molecule has 0 unspecified atom stereocenters. The lowest BCUT2D eigenvalue weighted by molar-refractivity contribution is -0.136. The van der Waals surface area contributed by atoms with Gasteiger partial charge in [-0.25, -0.2) is 24.7 Å². The van der Waals surface area contributed by atoms with Crippen molar-refractivity contribution in [3.63, 3.8) is 0 Å². The van der Waals surface area contributed by atoms with E-state index in [4.69, 9.17) is 10.7 Å². The van der Waals surface area contributed by atoms with E-state index in [9.17, 15) is 28.8 Å². The first-order chi connectivity index (χ1) is 29.0. The highest BCUT2D eigenvalue weighted by Crippen LogP contribution is 2.33. The maximum Gasteiger partial charge on any atom is 0.320 e. The van der Waals surface area contributed by atoms with Crippen LogP contribution < -0.4 is 31.1 Å². The van der Waals surface area contributed by atoms with Crippen LogP contribution in [0.3, 0.4) is 0 Å². The van der Waals surface area contributed by atoms with Crippen molar-refractivity contribution in [2.75, 3.05) is 99.1 Å². The van der Waals surface area contributed by atoms with Crippen molar-refractivity contribution in [3.05, 3.63) is 53.6 Å². The zero-order valence-corrected chi connectivity index (χ0v) is 33.5. The molecule has 20 heteroatoms. The molecule has 3 aromatic rings. The van der Waals surface area contributed by atoms with Gasteiger partial charge in [0, 0.05) is 91.1 Å². The van der Waals surface area contributed by atoms with Gasteiger partial charge < -0.3 is 35.6 Å². The van der Waals surface area contributed by atoms with E-state index in [1.807, 2.05) is 18.0 Å². The second-order valence-corrected chi connectivity index (χ2v) is 16.4. The summed E-state index contributed by atoms with van der Waals surface area (Å²) in [6, 6.07) is 4.41. The SMILES string of the molecule is CN1CCN([C@@H]2CCCN(c3cnc(C(N)=O)c(Nc4cnc(N5CCN(C[C@H]6CCN(c7ccc8c(c7)C(=O)N([C@@H]7CCC(=O)NC7=O)C8=O)C6)CC5)nc4)n3)C2)C1=O. The minimum atomic E-state index is -0.988. The van der Waals surface area contributed by atoms with Gasteiger partial charge >= 0.3 is 6.03 Å². The molecular formula is C40H48N14O6. The fourth-order valence-corrected chi connectivity index (χ4v) is 9.28. The highest BCUT2D eigenvalue weighted by atomic mass is 16.2. The van der Waals surface area contributed by atoms with Crippen LogP contribution >= 0.6 is 0 Å². The van der Waals surface area contributed by atoms with Gasteiger partial charge in [0.05, 0.1) is 41.4 Å². The first kappa shape index (κ1) is 39.0. The number of carbonyl (C=O) groups excluding carboxylic acids is 6. The van der Waals surface area contributed by atoms with Crippen molar-refractivity contribution in [1.29, 1.82) is 0 Å². The van der Waals surface area contributed by atoms with Gasteiger partial charge in [0.2, 0.25) is 17.8 Å². The van der Waals surface area contributed by atoms with Crippen LogP contribution in [0, 0.1) is 5.92 Å². The Morgan fingerprint density at radius 2 is 1.62 bits per heavy atom. The number of benzene rings is 1. The molecule has 3 atom stereocenters. The number of piperidine rings is 2. The number of aromatic nitrogens is 4. The summed E-state index contributed by atoms with van der Waals surface area (Å²) < 4.78 is 0. The molecule has 5 saturated heterocycles. The molecule has 5 fully saturated rings. The van der Waals surface area contributed by atoms with E-state index >= 15 is 0 Å². The topological polar surface area (TPSA) is 227 Å². The van der Waals surface area contributed by atoms with Gasteiger partial charge in [0.1, 0.15) is 11.9 Å². The summed E-state index contributed by atoms with van der Waals surface area (Å²) in [6.45, 7) is 8.54. The minimum absolute atomic E-state index is 0.00600. The molecule has 7 amide bonds. The fourth-order valence-electron chi connectivity index (χ4n) is 9.28. The Balaban J connectivity index is 0.771. The van der Waals surface area contributed by atoms with Gasteiger partial charge in [-0.05, 0) is 49.8 Å². The Bertz CT molecular complexity index is 2230. The average molecular weight is 821 g/mol. The molecular weight excluding hydrogens is 773 g/mol. The molecule has 0 saturated carbocycles. The van der Waals surface area contributed by atoms with E-state index < -0.39 is 35.6 Å². The largest absolute Gasteiger partial charge is 0.371 e. The zero-order valence-electron chi connectivity index (χ0n) is 33.5. The minimum Gasteiger partial charge on any atom is -0.371 e. The number of nitrogens with two attached hydrogens (primary N) is 1. The molecule has 60 heavy (non-hydrogen) atoms. The number of hydrogen-bond donors (Lipinski definition) is 3. The molecule has 0 aliphatic carbocycles. The van der Waals surface area contributed by atoms with E-state index in [1.165, 1.54) is 0 Å². The number of nitrogens with one attached hydrogen (secondary N) is 2. The van der Waals surface area contributed by atoms with E-state index in [2.05, 4.69) is 45.2 Å². The summed E-state index contributed by atoms with van der Waals surface area (Å²) in [7, 11) is 1.82. The van der Waals surface area contributed by atoms with Gasteiger partial charge in [-0.15, -0.1) is 0 Å². The average Bonchev–Trinajstić information content (AvgIpc) is 3.93. The number of anilines is 5. The zero-order chi connectivity index (χ0) is 41.7. The predicted octanol–water partition coefficient (Wildman–Crippen LogP) is 0.495. The van der Waals surface area contributed by atoms with Gasteiger partial charge in [-0.2, -0.15) is 0 Å². The Kier molecular flexibility index (Phi) is 10.4. The Morgan fingerprint density at radius 3 is 2.35 bits per heavy atom. The molecule has 0 radical (unpaired) electrons. The third-order valence-electron chi connectivity index (χ3n) is 12.5. The number of fused-ring (bicyclic) bond motifs is 1. The first-order valence-corrected chi connectivity index (χ1v) is 20.6. The molecule has 8 heterocycles. The van der Waals surface area contributed by atoms with Crippen LogP contribution in [-0.2, 0) is 9.59 Å². The quantitative estimate of drug-likeness (QED) is 0.237. The van der Waals surface area contributed by atoms with Crippen LogP contribution in [0.2, 0.25) is 0 Å². The lowest BCUT2D eigenvalue weighted by atomic mass is 10.0. The number of likely N-dealkylation sites (N-methyl/N-ethyl adjacent to an activating group) is 1. The Labute approximate surface area is 346 Å². The molecule has 9 rings (SSSR count). The molecule has 2 aromatic heterocycles. The molecule has 20 nitrogen and oxygen atoms in total. The van der Waals surface area contributed by atoms with Crippen molar-refractivity contribution >= 4 is 64.5 Å². The Morgan fingerprint density at radius 1 is 0.833 bits per heavy atom. The number of amides is 7. The van der Waals surface area contributed by atoms with Crippen molar-refractivity contribution in [1.82, 2.24) is 44.9 Å². The van der Waals surface area contributed by atoms with Crippen LogP contribution in [0.1, 0.15) is 63.3 Å². The van der Waals surface area contributed by atoms with Crippen LogP contribution in [-0.4, -0.2) is 166 Å². The number of nitrogens with zero attached hydrogens (tertiary/aromatic N) is 11. The highest BCUT2D eigenvalue weighted by molar-refractivity contribution is 6.23. The van der Waals surface area contributed by atoms with Gasteiger partial charge in [-0.1, -0.05) is 0 Å². The number of imide groups is 2. The summed E-state index contributed by atoms with van der Waals surface area (Å²) >= 11 is 0. The van der Waals surface area contributed by atoms with E-state index in [1.54, 1.807) is 35.6 Å². The molecule has 0 spiro atoms. The molecule has 6 aliphatic heterocycles. The van der Waals surface area contributed by atoms with Crippen LogP contribution in [0.4, 0.5) is 33.8 Å². The first-order valence-electron chi connectivity index (χ1n) is 20.6. The third kappa shape index (κ3) is 7.50. The Hall–Kier alpha value is -6.44. The van der Waals surface area contributed by atoms with Crippen molar-refractivity contribution in [2.45, 2.75) is 44.2 Å². The number of carbonyl (C=O) groups is 6. The molecule has 1 aromatic carbocycles. The van der Waals surface area contributed by atoms with Crippen LogP contribution in [0.25, 0.3) is 0 Å². The monoisotopic (exact) mass is 820 g/mol. The standard InChI is InChI=1S/C40H48N14O6/c1-48-11-16-53(40(48)60)27-3-2-9-52(23-27)31-20-42-33(34(41)56)35(46-31)45-25-18-43-39(44-19-25)50-14-12-49(13-15-50)21-24-8-10-51(22-24)26-4-5-28-29(17-26)38(59)54(37(28)58)30-6-7-32(55)47-36(30)57/h4-5,17-20,24,27,30H,2-3,6-16,21-23H2,1H3,(H2,41,56)(H,45,46)(H,47,55,57)/t24-,27-,30-/m1/s1. The van der Waals surface area contributed by atoms with Crippen molar-refractivity contribution in [2.24, 2.45) is 11.7 Å². The molecule has 4 N–H and O–H groups in total. The maximum absolute atomic E-state index is 13.4. The van der Waals surface area contributed by atoms with Crippen LogP contribution in [0.15, 0.2) is 36.8 Å². The fraction of sp³-hybridized carbons (Fsp3) is 0.500. The third-order valence-corrected chi connectivity index (χ3v) is 12.5. The molecule has 0 bridgehead atoms. The lowest BCUT2D eigenvalue weighted by Gasteiger charge is -2.37. The number of rotatable bonds is 10. The number of urea groups is 1. The molecule has 6 aliphatic rings. The molecule has 314 valence electrons. The van der Waals surface area contributed by atoms with Crippen molar-refractivity contribution in [3.8, 4) is 0 Å². The summed E-state index contributed by atoms with van der Waals surface area (Å²) in [6.07, 6.45) is 7.86. The predicted molar refractivity (Wildman–Crippen MR) is 218 cm³/mol. The number of piperazine rings is 1. The van der Waals surface area contributed by atoms with Crippen molar-refractivity contribution < 1.29 is 28.8 Å². The lowest BCUT2D eigenvalue weighted by Crippen LogP contribution is -2.54.